The molecule has 1 aliphatic heterocycles. The molecule has 4 heteroatoms. The molecule has 0 amide bonds. The Labute approximate surface area is 76.6 Å². The smallest absolute Gasteiger partial charge is 0.305 e. The summed E-state index contributed by atoms with van der Waals surface area (Å²) < 4.78 is 5.36. The fraction of sp³-hybridized carbons (Fsp3) is 0.778. The van der Waals surface area contributed by atoms with E-state index in [1.807, 2.05) is 0 Å². The maximum atomic E-state index is 10.4. The van der Waals surface area contributed by atoms with Crippen molar-refractivity contribution in [1.29, 1.82) is 0 Å². The Bertz CT molecular complexity index is 245. The number of nitrogens with zero attached hydrogens (tertiary/aromatic N) is 1. The third kappa shape index (κ3) is 1.82. The zero-order valence-corrected chi connectivity index (χ0v) is 7.40. The highest BCUT2D eigenvalue weighted by molar-refractivity contribution is 5.81. The molecule has 1 unspecified atom stereocenters. The van der Waals surface area contributed by atoms with Crippen LogP contribution in [0.25, 0.3) is 0 Å². The molecule has 1 heterocycles. The number of aliphatic carboxylic acids is 1. The van der Waals surface area contributed by atoms with Crippen molar-refractivity contribution in [2.45, 2.75) is 31.7 Å². The van der Waals surface area contributed by atoms with Crippen molar-refractivity contribution in [2.75, 3.05) is 6.61 Å². The van der Waals surface area contributed by atoms with Gasteiger partial charge in [0.2, 0.25) is 0 Å². The van der Waals surface area contributed by atoms with Gasteiger partial charge >= 0.3 is 5.97 Å². The van der Waals surface area contributed by atoms with Gasteiger partial charge in [0.05, 0.1) is 12.5 Å². The lowest BCUT2D eigenvalue weighted by Crippen LogP contribution is -2.21. The lowest BCUT2D eigenvalue weighted by Gasteiger charge is -2.23. The summed E-state index contributed by atoms with van der Waals surface area (Å²) in [7, 11) is 0. The van der Waals surface area contributed by atoms with Crippen molar-refractivity contribution >= 4 is 11.9 Å². The van der Waals surface area contributed by atoms with Crippen molar-refractivity contribution in [1.82, 2.24) is 0 Å². The average molecular weight is 183 g/mol. The van der Waals surface area contributed by atoms with E-state index < -0.39 is 5.97 Å². The summed E-state index contributed by atoms with van der Waals surface area (Å²) in [5.74, 6) is 0.489. The SMILES string of the molecule is O=C(O)CC1COC(C2CCC2)=N1. The van der Waals surface area contributed by atoms with Crippen molar-refractivity contribution in [3.8, 4) is 0 Å². The van der Waals surface area contributed by atoms with Crippen LogP contribution in [0.4, 0.5) is 0 Å². The Morgan fingerprint density at radius 1 is 1.62 bits per heavy atom. The second-order valence-corrected chi connectivity index (χ2v) is 3.66. The highest BCUT2D eigenvalue weighted by Crippen LogP contribution is 2.30. The number of carboxylic acids is 1. The first-order chi connectivity index (χ1) is 6.25. The van der Waals surface area contributed by atoms with E-state index in [0.717, 1.165) is 18.7 Å². The van der Waals surface area contributed by atoms with E-state index >= 15 is 0 Å². The molecule has 0 spiro atoms. The fourth-order valence-electron chi connectivity index (χ4n) is 1.62. The van der Waals surface area contributed by atoms with Crippen LogP contribution in [0.1, 0.15) is 25.7 Å². The van der Waals surface area contributed by atoms with Gasteiger partial charge < -0.3 is 9.84 Å². The van der Waals surface area contributed by atoms with E-state index in [9.17, 15) is 4.79 Å². The molecule has 4 nitrogen and oxygen atoms in total. The standard InChI is InChI=1S/C9H13NO3/c11-8(12)4-7-5-13-9(10-7)6-2-1-3-6/h6-7H,1-5H2,(H,11,12). The first kappa shape index (κ1) is 8.53. The summed E-state index contributed by atoms with van der Waals surface area (Å²) >= 11 is 0. The first-order valence-corrected chi connectivity index (χ1v) is 4.68. The van der Waals surface area contributed by atoms with Crippen LogP contribution < -0.4 is 0 Å². The molecule has 0 saturated heterocycles. The highest BCUT2D eigenvalue weighted by Gasteiger charge is 2.30. The Hall–Kier alpha value is -1.06. The second kappa shape index (κ2) is 3.36. The summed E-state index contributed by atoms with van der Waals surface area (Å²) in [6.45, 7) is 0.456. The molecule has 0 bridgehead atoms. The minimum atomic E-state index is -0.799. The van der Waals surface area contributed by atoms with Gasteiger partial charge in [0.1, 0.15) is 6.61 Å². The molecular weight excluding hydrogens is 170 g/mol. The van der Waals surface area contributed by atoms with Gasteiger partial charge in [-0.2, -0.15) is 0 Å². The zero-order valence-electron chi connectivity index (χ0n) is 7.40. The molecular formula is C9H13NO3. The lowest BCUT2D eigenvalue weighted by molar-refractivity contribution is -0.137. The monoisotopic (exact) mass is 183 g/mol. The van der Waals surface area contributed by atoms with E-state index in [-0.39, 0.29) is 12.5 Å². The predicted molar refractivity (Wildman–Crippen MR) is 46.8 cm³/mol. The summed E-state index contributed by atoms with van der Waals surface area (Å²) in [5.41, 5.74) is 0. The molecule has 0 aromatic rings. The van der Waals surface area contributed by atoms with Crippen molar-refractivity contribution in [3.63, 3.8) is 0 Å². The van der Waals surface area contributed by atoms with Crippen molar-refractivity contribution < 1.29 is 14.6 Å². The third-order valence-electron chi connectivity index (χ3n) is 2.60. The largest absolute Gasteiger partial charge is 0.481 e. The van der Waals surface area contributed by atoms with Crippen LogP contribution in [-0.2, 0) is 9.53 Å². The van der Waals surface area contributed by atoms with Crippen LogP contribution in [0.3, 0.4) is 0 Å². The quantitative estimate of drug-likeness (QED) is 0.711. The van der Waals surface area contributed by atoms with Crippen LogP contribution in [-0.4, -0.2) is 29.6 Å². The lowest BCUT2D eigenvalue weighted by atomic mass is 9.85. The number of rotatable bonds is 3. The van der Waals surface area contributed by atoms with E-state index in [1.165, 1.54) is 6.42 Å². The molecule has 0 aromatic carbocycles. The van der Waals surface area contributed by atoms with Gasteiger partial charge in [0, 0.05) is 5.92 Å². The topological polar surface area (TPSA) is 58.9 Å². The molecule has 0 radical (unpaired) electrons. The molecule has 1 aliphatic carbocycles. The van der Waals surface area contributed by atoms with Crippen molar-refractivity contribution in [2.24, 2.45) is 10.9 Å². The summed E-state index contributed by atoms with van der Waals surface area (Å²) in [6.07, 6.45) is 3.64. The Morgan fingerprint density at radius 3 is 2.92 bits per heavy atom. The second-order valence-electron chi connectivity index (χ2n) is 3.66. The number of carbonyl (C=O) groups is 1. The number of ether oxygens (including phenoxy) is 1. The van der Waals surface area contributed by atoms with Crippen LogP contribution in [0.2, 0.25) is 0 Å². The minimum absolute atomic E-state index is 0.0935. The summed E-state index contributed by atoms with van der Waals surface area (Å²) in [5, 5.41) is 8.55. The maximum Gasteiger partial charge on any atom is 0.305 e. The maximum absolute atomic E-state index is 10.4. The van der Waals surface area contributed by atoms with Gasteiger partial charge in [-0.3, -0.25) is 4.79 Å². The summed E-state index contributed by atoms with van der Waals surface area (Å²) in [6, 6.07) is -0.145. The molecule has 13 heavy (non-hydrogen) atoms. The Morgan fingerprint density at radius 2 is 2.38 bits per heavy atom. The highest BCUT2D eigenvalue weighted by atomic mass is 16.5. The van der Waals surface area contributed by atoms with Crippen molar-refractivity contribution in [3.05, 3.63) is 0 Å². The number of hydrogen-bond acceptors (Lipinski definition) is 3. The molecule has 1 N–H and O–H groups in total. The van der Waals surface area contributed by atoms with Gasteiger partial charge in [-0.1, -0.05) is 6.42 Å². The van der Waals surface area contributed by atoms with Gasteiger partial charge in [0.25, 0.3) is 0 Å². The van der Waals surface area contributed by atoms with E-state index in [1.54, 1.807) is 0 Å². The number of carboxylic acid groups (broad SMARTS) is 1. The molecule has 1 saturated carbocycles. The normalized spacial score (nSPS) is 27.7. The van der Waals surface area contributed by atoms with Crippen LogP contribution in [0, 0.1) is 5.92 Å². The molecule has 0 aromatic heterocycles. The third-order valence-corrected chi connectivity index (χ3v) is 2.60. The molecule has 2 aliphatic rings. The molecule has 72 valence electrons. The minimum Gasteiger partial charge on any atom is -0.481 e. The van der Waals surface area contributed by atoms with Gasteiger partial charge in [-0.25, -0.2) is 4.99 Å². The predicted octanol–water partition coefficient (Wildman–Crippen LogP) is 1.06. The number of aliphatic imine (C=N–C) groups is 1. The number of hydrogen-bond donors (Lipinski definition) is 1. The Balaban J connectivity index is 1.89. The van der Waals surface area contributed by atoms with E-state index in [0.29, 0.717) is 12.5 Å². The van der Waals surface area contributed by atoms with Gasteiger partial charge in [-0.05, 0) is 12.8 Å². The van der Waals surface area contributed by atoms with E-state index in [4.69, 9.17) is 9.84 Å². The summed E-state index contributed by atoms with van der Waals surface area (Å²) in [4.78, 5) is 14.7. The fourth-order valence-corrected chi connectivity index (χ4v) is 1.62. The van der Waals surface area contributed by atoms with Crippen LogP contribution in [0.15, 0.2) is 4.99 Å². The Kier molecular flexibility index (Phi) is 2.20. The van der Waals surface area contributed by atoms with Crippen LogP contribution >= 0.6 is 0 Å². The molecule has 2 rings (SSSR count). The molecule has 1 fully saturated rings. The first-order valence-electron chi connectivity index (χ1n) is 4.68. The average Bonchev–Trinajstić information content (AvgIpc) is 2.31. The zero-order chi connectivity index (χ0) is 9.26. The van der Waals surface area contributed by atoms with Gasteiger partial charge in [0.15, 0.2) is 5.90 Å². The van der Waals surface area contributed by atoms with Gasteiger partial charge in [-0.15, -0.1) is 0 Å². The molecule has 1 atom stereocenters. The van der Waals surface area contributed by atoms with E-state index in [2.05, 4.69) is 4.99 Å². The van der Waals surface area contributed by atoms with Crippen LogP contribution in [0.5, 0.6) is 0 Å².